The molecule has 0 unspecified atom stereocenters. The zero-order valence-corrected chi connectivity index (χ0v) is 25.0. The molecule has 1 saturated heterocycles. The van der Waals surface area contributed by atoms with E-state index >= 15 is 0 Å². The van der Waals surface area contributed by atoms with Gasteiger partial charge in [-0.2, -0.15) is 0 Å². The van der Waals surface area contributed by atoms with Crippen molar-refractivity contribution in [3.63, 3.8) is 0 Å². The lowest BCUT2D eigenvalue weighted by atomic mass is 9.96. The molecule has 0 radical (unpaired) electrons. The van der Waals surface area contributed by atoms with E-state index in [0.717, 1.165) is 16.3 Å². The van der Waals surface area contributed by atoms with E-state index in [4.69, 9.17) is 17.3 Å². The number of halogens is 1. The molecule has 2 heterocycles. The fourth-order valence-electron chi connectivity index (χ4n) is 5.72. The number of fused-ring (bicyclic) bond motifs is 1. The van der Waals surface area contributed by atoms with Gasteiger partial charge in [0.25, 0.3) is 5.91 Å². The number of rotatable bonds is 9. The molecule has 0 bridgehead atoms. The smallest absolute Gasteiger partial charge is 0.250 e. The van der Waals surface area contributed by atoms with Gasteiger partial charge in [-0.25, -0.2) is 9.97 Å². The number of aromatic nitrogens is 2. The predicted octanol–water partition coefficient (Wildman–Crippen LogP) is 3.23. The van der Waals surface area contributed by atoms with Gasteiger partial charge in [0.1, 0.15) is 17.9 Å². The Kier molecular flexibility index (Phi) is 9.50. The Morgan fingerprint density at radius 2 is 1.75 bits per heavy atom. The number of hydrogen-bond acceptors (Lipinski definition) is 6. The van der Waals surface area contributed by atoms with Gasteiger partial charge in [0.05, 0.1) is 13.0 Å². The SMILES string of the molecule is C[C@@H]1CCN([C@H](Cc2cccc3ccccc23)C(N)=O)C(=O)[C@H](c2cccc(Cl)c2)N1C(=O)CNC(=O)Cc1ncccn1. The number of benzene rings is 3. The number of nitrogens with one attached hydrogen (secondary N) is 1. The zero-order valence-electron chi connectivity index (χ0n) is 24.2. The molecular weight excluding hydrogens is 580 g/mol. The van der Waals surface area contributed by atoms with E-state index in [-0.39, 0.29) is 25.9 Å². The van der Waals surface area contributed by atoms with Crippen LogP contribution in [0.15, 0.2) is 85.2 Å². The Balaban J connectivity index is 1.44. The van der Waals surface area contributed by atoms with Crippen LogP contribution in [0.5, 0.6) is 0 Å². The van der Waals surface area contributed by atoms with Crippen LogP contribution in [0, 0.1) is 0 Å². The van der Waals surface area contributed by atoms with Gasteiger partial charge in [-0.15, -0.1) is 0 Å². The molecule has 226 valence electrons. The molecule has 3 N–H and O–H groups in total. The summed E-state index contributed by atoms with van der Waals surface area (Å²) in [4.78, 5) is 64.9. The normalized spacial score (nSPS) is 17.6. The van der Waals surface area contributed by atoms with Crippen molar-refractivity contribution in [2.45, 2.75) is 44.3 Å². The first-order chi connectivity index (χ1) is 21.2. The molecule has 5 rings (SSSR count). The Bertz CT molecular complexity index is 1680. The van der Waals surface area contributed by atoms with Crippen LogP contribution in [-0.2, 0) is 32.0 Å². The standard InChI is InChI=1S/C33H33ClN6O4/c1-21-13-16-39(27(32(35)43)18-23-9-4-8-22-7-2-3-12-26(22)23)33(44)31(24-10-5-11-25(34)17-24)40(21)30(42)20-38-29(41)19-28-36-14-6-15-37-28/h2-12,14-15,17,21,27,31H,13,16,18-20H2,1H3,(H2,35,43)(H,38,41)/t21-,27-,31+/m1/s1. The number of nitrogens with two attached hydrogens (primary N) is 1. The van der Waals surface area contributed by atoms with Gasteiger partial charge in [0.15, 0.2) is 0 Å². The number of nitrogens with zero attached hydrogens (tertiary/aromatic N) is 4. The van der Waals surface area contributed by atoms with Gasteiger partial charge in [-0.1, -0.05) is 66.2 Å². The minimum absolute atomic E-state index is 0.0947. The molecule has 0 saturated carbocycles. The lowest BCUT2D eigenvalue weighted by Crippen LogP contribution is -2.53. The summed E-state index contributed by atoms with van der Waals surface area (Å²) in [6.07, 6.45) is 3.57. The summed E-state index contributed by atoms with van der Waals surface area (Å²) in [5.74, 6) is -1.64. The molecule has 3 atom stereocenters. The number of hydrogen-bond donors (Lipinski definition) is 2. The number of amides is 4. The number of primary amides is 1. The second-order valence-corrected chi connectivity index (χ2v) is 11.2. The van der Waals surface area contributed by atoms with Crippen LogP contribution in [0.3, 0.4) is 0 Å². The minimum Gasteiger partial charge on any atom is -0.368 e. The van der Waals surface area contributed by atoms with Crippen molar-refractivity contribution in [3.8, 4) is 0 Å². The minimum atomic E-state index is -1.09. The van der Waals surface area contributed by atoms with Gasteiger partial charge in [0, 0.05) is 36.4 Å². The van der Waals surface area contributed by atoms with Crippen molar-refractivity contribution in [3.05, 3.63) is 107 Å². The highest BCUT2D eigenvalue weighted by atomic mass is 35.5. The van der Waals surface area contributed by atoms with Crippen LogP contribution in [0.25, 0.3) is 10.8 Å². The van der Waals surface area contributed by atoms with Crippen LogP contribution in [0.1, 0.15) is 36.3 Å². The van der Waals surface area contributed by atoms with Crippen molar-refractivity contribution in [1.82, 2.24) is 25.1 Å². The molecule has 11 heteroatoms. The Labute approximate surface area is 260 Å². The van der Waals surface area contributed by atoms with Gasteiger partial charge >= 0.3 is 0 Å². The van der Waals surface area contributed by atoms with E-state index in [1.54, 1.807) is 30.3 Å². The third-order valence-electron chi connectivity index (χ3n) is 7.88. The largest absolute Gasteiger partial charge is 0.368 e. The van der Waals surface area contributed by atoms with Crippen LogP contribution in [0.4, 0.5) is 0 Å². The predicted molar refractivity (Wildman–Crippen MR) is 166 cm³/mol. The van der Waals surface area contributed by atoms with Crippen LogP contribution in [0.2, 0.25) is 5.02 Å². The van der Waals surface area contributed by atoms with Gasteiger partial charge in [-0.05, 0) is 53.4 Å². The lowest BCUT2D eigenvalue weighted by molar-refractivity contribution is -0.148. The highest BCUT2D eigenvalue weighted by molar-refractivity contribution is 6.30. The van der Waals surface area contributed by atoms with Crippen LogP contribution < -0.4 is 11.1 Å². The van der Waals surface area contributed by atoms with Crippen molar-refractivity contribution in [2.75, 3.05) is 13.1 Å². The van der Waals surface area contributed by atoms with E-state index in [1.165, 1.54) is 22.2 Å². The summed E-state index contributed by atoms with van der Waals surface area (Å²) in [7, 11) is 0. The summed E-state index contributed by atoms with van der Waals surface area (Å²) in [6, 6.07) is 19.6. The first kappa shape index (κ1) is 30.6. The molecule has 1 fully saturated rings. The van der Waals surface area contributed by atoms with Gasteiger partial charge < -0.3 is 20.9 Å². The first-order valence-corrected chi connectivity index (χ1v) is 14.8. The molecule has 0 spiro atoms. The van der Waals surface area contributed by atoms with E-state index in [2.05, 4.69) is 15.3 Å². The highest BCUT2D eigenvalue weighted by Crippen LogP contribution is 2.33. The fourth-order valence-corrected chi connectivity index (χ4v) is 5.92. The molecule has 4 aromatic rings. The summed E-state index contributed by atoms with van der Waals surface area (Å²) in [5.41, 5.74) is 7.34. The molecule has 0 aliphatic carbocycles. The molecule has 4 amide bonds. The third-order valence-corrected chi connectivity index (χ3v) is 8.12. The Hall–Kier alpha value is -4.83. The zero-order chi connectivity index (χ0) is 31.2. The molecule has 3 aromatic carbocycles. The molecule has 1 aromatic heterocycles. The maximum atomic E-state index is 14.5. The summed E-state index contributed by atoms with van der Waals surface area (Å²) in [5, 5.41) is 5.01. The van der Waals surface area contributed by atoms with Gasteiger partial charge in [0.2, 0.25) is 17.7 Å². The molecular formula is C33H33ClN6O4. The maximum absolute atomic E-state index is 14.5. The average Bonchev–Trinajstić information content (AvgIpc) is 3.14. The van der Waals surface area contributed by atoms with Gasteiger partial charge in [-0.3, -0.25) is 19.2 Å². The van der Waals surface area contributed by atoms with Crippen molar-refractivity contribution in [1.29, 1.82) is 0 Å². The van der Waals surface area contributed by atoms with E-state index in [9.17, 15) is 19.2 Å². The summed E-state index contributed by atoms with van der Waals surface area (Å²) in [6.45, 7) is 1.71. The number of carbonyl (C=O) groups excluding carboxylic acids is 4. The highest BCUT2D eigenvalue weighted by Gasteiger charge is 2.43. The second kappa shape index (κ2) is 13.6. The molecule has 10 nitrogen and oxygen atoms in total. The topological polar surface area (TPSA) is 139 Å². The fraction of sp³-hybridized carbons (Fsp3) is 0.273. The van der Waals surface area contributed by atoms with Crippen molar-refractivity contribution < 1.29 is 19.2 Å². The molecule has 1 aliphatic heterocycles. The van der Waals surface area contributed by atoms with Crippen LogP contribution in [-0.4, -0.2) is 68.6 Å². The van der Waals surface area contributed by atoms with E-state index < -0.39 is 41.8 Å². The average molecular weight is 613 g/mol. The van der Waals surface area contributed by atoms with Crippen LogP contribution >= 0.6 is 11.6 Å². The Morgan fingerprint density at radius 1 is 1.02 bits per heavy atom. The molecule has 1 aliphatic rings. The first-order valence-electron chi connectivity index (χ1n) is 14.4. The van der Waals surface area contributed by atoms with E-state index in [1.807, 2.05) is 49.4 Å². The Morgan fingerprint density at radius 3 is 2.50 bits per heavy atom. The van der Waals surface area contributed by atoms with E-state index in [0.29, 0.717) is 22.8 Å². The lowest BCUT2D eigenvalue weighted by Gasteiger charge is -2.36. The number of carbonyl (C=O) groups is 4. The quantitative estimate of drug-likeness (QED) is 0.298. The summed E-state index contributed by atoms with van der Waals surface area (Å²) >= 11 is 6.34. The monoisotopic (exact) mass is 612 g/mol. The second-order valence-electron chi connectivity index (χ2n) is 10.8. The van der Waals surface area contributed by atoms with Crippen molar-refractivity contribution in [2.24, 2.45) is 5.73 Å². The summed E-state index contributed by atoms with van der Waals surface area (Å²) < 4.78 is 0. The molecule has 44 heavy (non-hydrogen) atoms. The third kappa shape index (κ3) is 6.86. The van der Waals surface area contributed by atoms with Crippen molar-refractivity contribution >= 4 is 46.0 Å². The maximum Gasteiger partial charge on any atom is 0.250 e.